The topological polar surface area (TPSA) is 149 Å². The molecule has 2 aromatic rings. The first-order valence-electron chi connectivity index (χ1n) is 13.9. The van der Waals surface area contributed by atoms with Gasteiger partial charge in [0.2, 0.25) is 23.0 Å². The predicted molar refractivity (Wildman–Crippen MR) is 160 cm³/mol. The van der Waals surface area contributed by atoms with E-state index in [0.717, 1.165) is 11.1 Å². The van der Waals surface area contributed by atoms with Crippen LogP contribution >= 0.6 is 0 Å². The van der Waals surface area contributed by atoms with Crippen molar-refractivity contribution in [2.75, 3.05) is 38.2 Å². The highest BCUT2D eigenvalue weighted by atomic mass is 32.2. The summed E-state index contributed by atoms with van der Waals surface area (Å²) in [6, 6.07) is 5.06. The van der Waals surface area contributed by atoms with Gasteiger partial charge in [-0.3, -0.25) is 14.4 Å². The molecule has 1 fully saturated rings. The van der Waals surface area contributed by atoms with E-state index < -0.39 is 28.0 Å². The zero-order valence-electron chi connectivity index (χ0n) is 24.8. The maximum Gasteiger partial charge on any atom is 0.243 e. The van der Waals surface area contributed by atoms with Crippen LogP contribution in [0.5, 0.6) is 17.2 Å². The Balaban J connectivity index is 1.82. The minimum Gasteiger partial charge on any atom is -0.493 e. The Labute approximate surface area is 246 Å². The van der Waals surface area contributed by atoms with Crippen molar-refractivity contribution in [2.24, 2.45) is 5.92 Å². The molecule has 0 spiro atoms. The number of nitrogens with one attached hydrogen (secondary N) is 3. The number of ether oxygens (including phenoxy) is 3. The van der Waals surface area contributed by atoms with Gasteiger partial charge in [-0.1, -0.05) is 19.9 Å². The van der Waals surface area contributed by atoms with Crippen LogP contribution in [-0.4, -0.2) is 65.2 Å². The molecule has 12 heteroatoms. The van der Waals surface area contributed by atoms with Crippen LogP contribution < -0.4 is 35.6 Å². The fraction of sp³-hybridized carbons (Fsp3) is 0.500. The number of benzene rings is 1. The number of hydrogen-bond acceptors (Lipinski definition) is 9. The van der Waals surface area contributed by atoms with Gasteiger partial charge in [0.1, 0.15) is 6.04 Å². The molecule has 228 valence electrons. The van der Waals surface area contributed by atoms with Crippen LogP contribution in [0.4, 0.5) is 5.69 Å². The number of carbonyl (C=O) groups is 2. The molecular weight excluding hydrogens is 562 g/mol. The van der Waals surface area contributed by atoms with Gasteiger partial charge in [0.05, 0.1) is 44.6 Å². The second-order valence-corrected chi connectivity index (χ2v) is 13.3. The lowest BCUT2D eigenvalue weighted by atomic mass is 9.95. The van der Waals surface area contributed by atoms with Crippen molar-refractivity contribution in [3.8, 4) is 28.4 Å². The van der Waals surface area contributed by atoms with Crippen LogP contribution in [0.1, 0.15) is 50.8 Å². The van der Waals surface area contributed by atoms with Gasteiger partial charge in [-0.05, 0) is 60.1 Å². The Hall–Kier alpha value is -3.80. The van der Waals surface area contributed by atoms with Gasteiger partial charge in [-0.15, -0.1) is 0 Å². The predicted octanol–water partition coefficient (Wildman–Crippen LogP) is 2.60. The van der Waals surface area contributed by atoms with Crippen molar-refractivity contribution in [1.29, 1.82) is 0 Å². The normalized spacial score (nSPS) is 19.5. The van der Waals surface area contributed by atoms with E-state index in [1.54, 1.807) is 19.2 Å². The van der Waals surface area contributed by atoms with E-state index in [1.165, 1.54) is 27.2 Å². The first kappa shape index (κ1) is 31.1. The first-order valence-corrected chi connectivity index (χ1v) is 15.8. The highest BCUT2D eigenvalue weighted by Crippen LogP contribution is 2.50. The van der Waals surface area contributed by atoms with Gasteiger partial charge in [0.15, 0.2) is 21.3 Å². The van der Waals surface area contributed by atoms with E-state index in [1.807, 2.05) is 19.9 Å². The standard InChI is InChI=1S/C30H39N3O8S/c1-16(2)27(30(36)32-19-11-12-42(37,38)15-19)33-23-10-8-20-21(14-24(23)35)22(31-17(3)34)9-7-18-13-25(39-4)28(40-5)29(41-6)26(18)20/h8,10,13-14,16,19,22,27H,7,9,11-12,15H2,1-6H3,(H,31,34)(H,32,36)(H,33,35)/t19?,22-,27-/m1/s1. The number of fused-ring (bicyclic) bond motifs is 3. The number of hydrogen-bond donors (Lipinski definition) is 3. The zero-order chi connectivity index (χ0) is 30.8. The number of methoxy groups -OCH3 is 3. The lowest BCUT2D eigenvalue weighted by Crippen LogP contribution is -2.47. The van der Waals surface area contributed by atoms with Gasteiger partial charge < -0.3 is 30.2 Å². The van der Waals surface area contributed by atoms with Gasteiger partial charge in [0.25, 0.3) is 0 Å². The highest BCUT2D eigenvalue weighted by Gasteiger charge is 2.33. The first-order chi connectivity index (χ1) is 19.9. The molecule has 1 saturated heterocycles. The van der Waals surface area contributed by atoms with Crippen molar-refractivity contribution in [1.82, 2.24) is 10.6 Å². The maximum atomic E-state index is 13.7. The molecule has 1 aliphatic heterocycles. The molecule has 1 unspecified atom stereocenters. The molecule has 4 rings (SSSR count). The van der Waals surface area contributed by atoms with Crippen molar-refractivity contribution in [3.05, 3.63) is 45.6 Å². The lowest BCUT2D eigenvalue weighted by molar-refractivity contribution is -0.123. The summed E-state index contributed by atoms with van der Waals surface area (Å²) < 4.78 is 40.8. The van der Waals surface area contributed by atoms with E-state index in [2.05, 4.69) is 16.0 Å². The molecule has 42 heavy (non-hydrogen) atoms. The van der Waals surface area contributed by atoms with Crippen LogP contribution in [0.25, 0.3) is 11.1 Å². The number of rotatable bonds is 9. The fourth-order valence-electron chi connectivity index (χ4n) is 5.73. The monoisotopic (exact) mass is 601 g/mol. The van der Waals surface area contributed by atoms with E-state index in [4.69, 9.17) is 14.2 Å². The summed E-state index contributed by atoms with van der Waals surface area (Å²) in [4.78, 5) is 39.1. The molecule has 0 radical (unpaired) electrons. The minimum atomic E-state index is -3.17. The van der Waals surface area contributed by atoms with Crippen LogP contribution in [0.2, 0.25) is 0 Å². The van der Waals surface area contributed by atoms with E-state index >= 15 is 0 Å². The average molecular weight is 602 g/mol. The average Bonchev–Trinajstić information content (AvgIpc) is 3.10. The summed E-state index contributed by atoms with van der Waals surface area (Å²) in [5, 5.41) is 8.92. The Kier molecular flexibility index (Phi) is 9.34. The summed E-state index contributed by atoms with van der Waals surface area (Å²) in [5.74, 6) is 0.469. The molecule has 2 aliphatic rings. The smallest absolute Gasteiger partial charge is 0.243 e. The SMILES string of the molecule is COc1cc2c(c(OC)c1OC)-c1ccc(N[C@@H](C(=O)NC3CCS(=O)(=O)C3)C(C)C)c(=O)cc1[C@H](NC(C)=O)CC2. The molecule has 1 heterocycles. The zero-order valence-corrected chi connectivity index (χ0v) is 25.6. The number of carbonyl (C=O) groups excluding carboxylic acids is 2. The molecular formula is C30H39N3O8S. The molecule has 0 saturated carbocycles. The highest BCUT2D eigenvalue weighted by molar-refractivity contribution is 7.91. The summed E-state index contributed by atoms with van der Waals surface area (Å²) >= 11 is 0. The summed E-state index contributed by atoms with van der Waals surface area (Å²) in [7, 11) is 1.43. The van der Waals surface area contributed by atoms with E-state index in [-0.39, 0.29) is 40.4 Å². The molecule has 1 aliphatic carbocycles. The second-order valence-electron chi connectivity index (χ2n) is 11.1. The Morgan fingerprint density at radius 3 is 2.26 bits per heavy atom. The summed E-state index contributed by atoms with van der Waals surface area (Å²) in [6.45, 7) is 5.12. The fourth-order valence-corrected chi connectivity index (χ4v) is 7.40. The largest absolute Gasteiger partial charge is 0.493 e. The molecule has 2 amide bonds. The number of anilines is 1. The number of sulfone groups is 1. The van der Waals surface area contributed by atoms with Crippen molar-refractivity contribution in [2.45, 2.75) is 58.2 Å². The van der Waals surface area contributed by atoms with Gasteiger partial charge in [0, 0.05) is 18.5 Å². The third-order valence-electron chi connectivity index (χ3n) is 7.75. The molecule has 3 N–H and O–H groups in total. The Morgan fingerprint density at radius 2 is 1.69 bits per heavy atom. The third-order valence-corrected chi connectivity index (χ3v) is 9.52. The summed E-state index contributed by atoms with van der Waals surface area (Å²) in [5.41, 5.74) is 2.73. The van der Waals surface area contributed by atoms with Crippen molar-refractivity contribution < 1.29 is 32.2 Å². The Bertz CT molecular complexity index is 1540. The quantitative estimate of drug-likeness (QED) is 0.394. The van der Waals surface area contributed by atoms with Gasteiger partial charge in [-0.25, -0.2) is 8.42 Å². The van der Waals surface area contributed by atoms with Crippen molar-refractivity contribution >= 4 is 27.3 Å². The Morgan fingerprint density at radius 1 is 0.976 bits per heavy atom. The van der Waals surface area contributed by atoms with Crippen LogP contribution in [0, 0.1) is 5.92 Å². The van der Waals surface area contributed by atoms with Crippen LogP contribution in [-0.2, 0) is 25.8 Å². The summed E-state index contributed by atoms with van der Waals surface area (Å²) in [6.07, 6.45) is 1.45. The van der Waals surface area contributed by atoms with Crippen LogP contribution in [0.15, 0.2) is 29.1 Å². The van der Waals surface area contributed by atoms with Crippen molar-refractivity contribution in [3.63, 3.8) is 0 Å². The molecule has 0 bridgehead atoms. The maximum absolute atomic E-state index is 13.7. The molecule has 2 aromatic carbocycles. The molecule has 0 aromatic heterocycles. The second kappa shape index (κ2) is 12.6. The lowest BCUT2D eigenvalue weighted by Gasteiger charge is -2.24. The van der Waals surface area contributed by atoms with Gasteiger partial charge >= 0.3 is 0 Å². The minimum absolute atomic E-state index is 0.0412. The number of aryl methyl sites for hydroxylation is 1. The third kappa shape index (κ3) is 6.48. The van der Waals surface area contributed by atoms with Crippen LogP contribution in [0.3, 0.4) is 0 Å². The number of amides is 2. The van der Waals surface area contributed by atoms with E-state index in [0.29, 0.717) is 47.6 Å². The van der Waals surface area contributed by atoms with Gasteiger partial charge in [-0.2, -0.15) is 0 Å². The molecule has 3 atom stereocenters. The molecule has 11 nitrogen and oxygen atoms in total. The van der Waals surface area contributed by atoms with E-state index in [9.17, 15) is 22.8 Å².